The van der Waals surface area contributed by atoms with Crippen LogP contribution in [0.15, 0.2) is 29.2 Å². The van der Waals surface area contributed by atoms with Crippen molar-refractivity contribution in [1.82, 2.24) is 9.21 Å². The summed E-state index contributed by atoms with van der Waals surface area (Å²) in [5.41, 5.74) is -0.945. The SMILES string of the molecule is CC(C)CCN1CCN(S(=O)(=O)c2cccc(C(F)(F)F)c2)CC1. The Morgan fingerprint density at radius 2 is 1.75 bits per heavy atom. The molecule has 0 amide bonds. The van der Waals surface area contributed by atoms with E-state index in [1.165, 1.54) is 10.4 Å². The lowest BCUT2D eigenvalue weighted by Crippen LogP contribution is -2.48. The fourth-order valence-electron chi connectivity index (χ4n) is 2.62. The van der Waals surface area contributed by atoms with Gasteiger partial charge in [0.05, 0.1) is 10.5 Å². The number of piperazine rings is 1. The summed E-state index contributed by atoms with van der Waals surface area (Å²) < 4.78 is 64.8. The number of benzene rings is 1. The van der Waals surface area contributed by atoms with Gasteiger partial charge in [0.2, 0.25) is 10.0 Å². The van der Waals surface area contributed by atoms with E-state index in [9.17, 15) is 21.6 Å². The third-order valence-electron chi connectivity index (χ3n) is 4.15. The van der Waals surface area contributed by atoms with E-state index in [0.29, 0.717) is 38.2 Å². The Balaban J connectivity index is 2.07. The van der Waals surface area contributed by atoms with Crippen LogP contribution in [0.4, 0.5) is 13.2 Å². The smallest absolute Gasteiger partial charge is 0.301 e. The molecule has 0 N–H and O–H groups in total. The largest absolute Gasteiger partial charge is 0.416 e. The highest BCUT2D eigenvalue weighted by molar-refractivity contribution is 7.89. The quantitative estimate of drug-likeness (QED) is 0.806. The van der Waals surface area contributed by atoms with Gasteiger partial charge in [0, 0.05) is 26.2 Å². The zero-order valence-corrected chi connectivity index (χ0v) is 14.7. The summed E-state index contributed by atoms with van der Waals surface area (Å²) in [6.45, 7) is 6.99. The first-order valence-corrected chi connectivity index (χ1v) is 9.44. The van der Waals surface area contributed by atoms with E-state index < -0.39 is 21.8 Å². The minimum Gasteiger partial charge on any atom is -0.301 e. The summed E-state index contributed by atoms with van der Waals surface area (Å²) in [5.74, 6) is 0.580. The van der Waals surface area contributed by atoms with Crippen molar-refractivity contribution in [3.8, 4) is 0 Å². The first-order valence-electron chi connectivity index (χ1n) is 8.00. The van der Waals surface area contributed by atoms with E-state index in [2.05, 4.69) is 18.7 Å². The number of halogens is 3. The third kappa shape index (κ3) is 4.70. The third-order valence-corrected chi connectivity index (χ3v) is 6.05. The summed E-state index contributed by atoms with van der Waals surface area (Å²) in [6, 6.07) is 3.94. The van der Waals surface area contributed by atoms with Gasteiger partial charge in [0.15, 0.2) is 0 Å². The fraction of sp³-hybridized carbons (Fsp3) is 0.625. The lowest BCUT2D eigenvalue weighted by atomic mass is 10.1. The standard InChI is InChI=1S/C16H23F3N2O2S/c1-13(2)6-7-20-8-10-21(11-9-20)24(22,23)15-5-3-4-14(12-15)16(17,18)19/h3-5,12-13H,6-11H2,1-2H3. The monoisotopic (exact) mass is 364 g/mol. The number of hydrogen-bond donors (Lipinski definition) is 0. The van der Waals surface area contributed by atoms with E-state index >= 15 is 0 Å². The Bertz CT molecular complexity index is 652. The van der Waals surface area contributed by atoms with Gasteiger partial charge in [-0.05, 0) is 37.1 Å². The van der Waals surface area contributed by atoms with Gasteiger partial charge in [-0.25, -0.2) is 8.42 Å². The number of alkyl halides is 3. The fourth-order valence-corrected chi connectivity index (χ4v) is 4.08. The molecule has 8 heteroatoms. The molecule has 1 fully saturated rings. The van der Waals surface area contributed by atoms with Crippen LogP contribution < -0.4 is 0 Å². The molecule has 0 bridgehead atoms. The van der Waals surface area contributed by atoms with Gasteiger partial charge in [-0.15, -0.1) is 0 Å². The highest BCUT2D eigenvalue weighted by atomic mass is 32.2. The van der Waals surface area contributed by atoms with Crippen LogP contribution in [-0.2, 0) is 16.2 Å². The minimum atomic E-state index is -4.55. The summed E-state index contributed by atoms with van der Waals surface area (Å²) in [4.78, 5) is 1.89. The molecule has 1 saturated heterocycles. The molecular weight excluding hydrogens is 341 g/mol. The topological polar surface area (TPSA) is 40.6 Å². The maximum absolute atomic E-state index is 12.8. The van der Waals surface area contributed by atoms with E-state index in [1.807, 2.05) is 0 Å². The second-order valence-corrected chi connectivity index (χ2v) is 8.39. The Hall–Kier alpha value is -1.12. The molecule has 0 atom stereocenters. The van der Waals surface area contributed by atoms with Crippen molar-refractivity contribution in [2.24, 2.45) is 5.92 Å². The van der Waals surface area contributed by atoms with Gasteiger partial charge in [-0.2, -0.15) is 17.5 Å². The van der Waals surface area contributed by atoms with Crippen LogP contribution in [0.25, 0.3) is 0 Å². The van der Waals surface area contributed by atoms with Crippen molar-refractivity contribution >= 4 is 10.0 Å². The maximum atomic E-state index is 12.8. The second kappa shape index (κ2) is 7.41. The zero-order valence-electron chi connectivity index (χ0n) is 13.9. The molecule has 0 aliphatic carbocycles. The number of nitrogens with zero attached hydrogens (tertiary/aromatic N) is 2. The predicted octanol–water partition coefficient (Wildman–Crippen LogP) is 3.06. The van der Waals surface area contributed by atoms with Gasteiger partial charge in [0.25, 0.3) is 0 Å². The maximum Gasteiger partial charge on any atom is 0.416 e. The van der Waals surface area contributed by atoms with Crippen LogP contribution in [-0.4, -0.2) is 50.3 Å². The minimum absolute atomic E-state index is 0.298. The van der Waals surface area contributed by atoms with Crippen LogP contribution >= 0.6 is 0 Å². The number of rotatable bonds is 5. The van der Waals surface area contributed by atoms with Gasteiger partial charge < -0.3 is 4.90 Å². The zero-order chi connectivity index (χ0) is 18.0. The molecule has 24 heavy (non-hydrogen) atoms. The molecule has 0 saturated carbocycles. The Kier molecular flexibility index (Phi) is 5.93. The molecule has 136 valence electrons. The lowest BCUT2D eigenvalue weighted by molar-refractivity contribution is -0.137. The molecule has 1 aromatic rings. The highest BCUT2D eigenvalue weighted by Gasteiger charge is 2.33. The number of sulfonamides is 1. The average Bonchev–Trinajstić information content (AvgIpc) is 2.52. The Morgan fingerprint density at radius 1 is 1.12 bits per heavy atom. The van der Waals surface area contributed by atoms with Crippen molar-refractivity contribution < 1.29 is 21.6 Å². The Labute approximate surface area is 141 Å². The van der Waals surface area contributed by atoms with E-state index in [1.54, 1.807) is 0 Å². The molecule has 1 aromatic carbocycles. The van der Waals surface area contributed by atoms with Gasteiger partial charge in [-0.1, -0.05) is 19.9 Å². The molecule has 0 unspecified atom stereocenters. The van der Waals surface area contributed by atoms with Gasteiger partial charge >= 0.3 is 6.18 Å². The summed E-state index contributed by atoms with van der Waals surface area (Å²) in [6.07, 6.45) is -3.51. The lowest BCUT2D eigenvalue weighted by Gasteiger charge is -2.34. The molecule has 0 aromatic heterocycles. The summed E-state index contributed by atoms with van der Waals surface area (Å²) in [5, 5.41) is 0. The van der Waals surface area contributed by atoms with Crippen molar-refractivity contribution in [3.05, 3.63) is 29.8 Å². The molecule has 1 aliphatic rings. The van der Waals surface area contributed by atoms with Crippen LogP contribution in [0.5, 0.6) is 0 Å². The molecule has 4 nitrogen and oxygen atoms in total. The molecular formula is C16H23F3N2O2S. The second-order valence-electron chi connectivity index (χ2n) is 6.45. The molecule has 1 heterocycles. The first kappa shape index (κ1) is 19.2. The molecule has 2 rings (SSSR count). The van der Waals surface area contributed by atoms with Crippen molar-refractivity contribution in [2.75, 3.05) is 32.7 Å². The summed E-state index contributed by atoms with van der Waals surface area (Å²) >= 11 is 0. The first-order chi connectivity index (χ1) is 11.1. The van der Waals surface area contributed by atoms with Crippen LogP contribution in [0, 0.1) is 5.92 Å². The van der Waals surface area contributed by atoms with E-state index in [0.717, 1.165) is 25.1 Å². The van der Waals surface area contributed by atoms with E-state index in [4.69, 9.17) is 0 Å². The van der Waals surface area contributed by atoms with Crippen molar-refractivity contribution in [1.29, 1.82) is 0 Å². The highest BCUT2D eigenvalue weighted by Crippen LogP contribution is 2.31. The van der Waals surface area contributed by atoms with Gasteiger partial charge in [-0.3, -0.25) is 0 Å². The van der Waals surface area contributed by atoms with E-state index in [-0.39, 0.29) is 4.90 Å². The van der Waals surface area contributed by atoms with Crippen LogP contribution in [0.2, 0.25) is 0 Å². The number of hydrogen-bond acceptors (Lipinski definition) is 3. The molecule has 0 radical (unpaired) electrons. The van der Waals surface area contributed by atoms with Crippen molar-refractivity contribution in [2.45, 2.75) is 31.3 Å². The van der Waals surface area contributed by atoms with Crippen LogP contribution in [0.3, 0.4) is 0 Å². The van der Waals surface area contributed by atoms with Crippen molar-refractivity contribution in [3.63, 3.8) is 0 Å². The average molecular weight is 364 g/mol. The molecule has 1 aliphatic heterocycles. The predicted molar refractivity (Wildman–Crippen MR) is 86.1 cm³/mol. The Morgan fingerprint density at radius 3 is 2.29 bits per heavy atom. The molecule has 0 spiro atoms. The normalized spacial score (nSPS) is 18.2. The van der Waals surface area contributed by atoms with Gasteiger partial charge in [0.1, 0.15) is 0 Å². The van der Waals surface area contributed by atoms with Crippen LogP contribution in [0.1, 0.15) is 25.8 Å². The summed E-state index contributed by atoms with van der Waals surface area (Å²) in [7, 11) is -3.89.